The smallest absolute Gasteiger partial charge is 0.159 e. The number of benzene rings is 1. The first-order chi connectivity index (χ1) is 9.08. The number of thioether (sulfide) groups is 1. The Morgan fingerprint density at radius 3 is 2.79 bits per heavy atom. The van der Waals surface area contributed by atoms with Crippen molar-refractivity contribution < 1.29 is 13.9 Å². The van der Waals surface area contributed by atoms with E-state index in [-0.39, 0.29) is 6.04 Å². The minimum Gasteiger partial charge on any atom is -0.387 e. The lowest BCUT2D eigenvalue weighted by Crippen LogP contribution is -2.42. The molecule has 1 saturated heterocycles. The third kappa shape index (κ3) is 3.91. The van der Waals surface area contributed by atoms with Crippen LogP contribution in [-0.4, -0.2) is 28.7 Å². The molecule has 1 aromatic rings. The van der Waals surface area contributed by atoms with Crippen LogP contribution in [0.15, 0.2) is 18.2 Å². The summed E-state index contributed by atoms with van der Waals surface area (Å²) in [5, 5.41) is 13.5. The number of hydrogen-bond acceptors (Lipinski definition) is 3. The second kappa shape index (κ2) is 6.68. The van der Waals surface area contributed by atoms with Crippen molar-refractivity contribution in [2.75, 3.05) is 11.5 Å². The lowest BCUT2D eigenvalue weighted by molar-refractivity contribution is 0.129. The molecule has 0 spiro atoms. The molecule has 1 fully saturated rings. The Balaban J connectivity index is 1.97. The second-order valence-electron chi connectivity index (χ2n) is 4.99. The normalized spacial score (nSPS) is 23.1. The highest BCUT2D eigenvalue weighted by Crippen LogP contribution is 2.22. The van der Waals surface area contributed by atoms with Gasteiger partial charge in [-0.3, -0.25) is 0 Å². The summed E-state index contributed by atoms with van der Waals surface area (Å²) in [5.41, 5.74) is 0.405. The molecular weight excluding hydrogens is 268 g/mol. The summed E-state index contributed by atoms with van der Waals surface area (Å²) in [4.78, 5) is 0. The molecule has 0 bridgehead atoms. The van der Waals surface area contributed by atoms with Gasteiger partial charge in [0, 0.05) is 17.8 Å². The molecule has 0 aromatic heterocycles. The summed E-state index contributed by atoms with van der Waals surface area (Å²) in [6, 6.07) is 3.74. The Hall–Kier alpha value is -0.650. The third-order valence-electron chi connectivity index (χ3n) is 3.42. The molecule has 1 heterocycles. The van der Waals surface area contributed by atoms with Crippen molar-refractivity contribution >= 4 is 11.8 Å². The fourth-order valence-corrected chi connectivity index (χ4v) is 3.40. The van der Waals surface area contributed by atoms with Gasteiger partial charge in [-0.15, -0.1) is 0 Å². The van der Waals surface area contributed by atoms with Gasteiger partial charge in [-0.25, -0.2) is 8.78 Å². The van der Waals surface area contributed by atoms with Crippen molar-refractivity contribution in [3.8, 4) is 0 Å². The molecule has 3 unspecified atom stereocenters. The zero-order valence-corrected chi connectivity index (χ0v) is 11.7. The molecule has 19 heavy (non-hydrogen) atoms. The van der Waals surface area contributed by atoms with E-state index in [0.717, 1.165) is 24.3 Å². The summed E-state index contributed by atoms with van der Waals surface area (Å²) in [6.07, 6.45) is 1.44. The van der Waals surface area contributed by atoms with Gasteiger partial charge in [0.15, 0.2) is 11.6 Å². The SMILES string of the molecule is CC(NC1CCCSC1)C(O)c1ccc(F)c(F)c1. The van der Waals surface area contributed by atoms with Crippen LogP contribution >= 0.6 is 11.8 Å². The predicted octanol–water partition coefficient (Wildman–Crippen LogP) is 2.87. The minimum atomic E-state index is -0.919. The van der Waals surface area contributed by atoms with Crippen LogP contribution in [0.2, 0.25) is 0 Å². The van der Waals surface area contributed by atoms with Crippen LogP contribution < -0.4 is 5.32 Å². The van der Waals surface area contributed by atoms with Crippen molar-refractivity contribution in [1.29, 1.82) is 0 Å². The Labute approximate surface area is 116 Å². The summed E-state index contributed by atoms with van der Waals surface area (Å²) in [6.45, 7) is 1.87. The van der Waals surface area contributed by atoms with Crippen LogP contribution in [0.5, 0.6) is 0 Å². The molecule has 0 amide bonds. The molecule has 0 aliphatic carbocycles. The van der Waals surface area contributed by atoms with Gasteiger partial charge >= 0.3 is 0 Å². The van der Waals surface area contributed by atoms with Crippen molar-refractivity contribution in [2.24, 2.45) is 0 Å². The van der Waals surface area contributed by atoms with E-state index in [2.05, 4.69) is 5.32 Å². The van der Waals surface area contributed by atoms with Gasteiger partial charge in [-0.1, -0.05) is 6.07 Å². The Kier molecular flexibility index (Phi) is 5.19. The van der Waals surface area contributed by atoms with Crippen LogP contribution in [-0.2, 0) is 0 Å². The monoisotopic (exact) mass is 287 g/mol. The van der Waals surface area contributed by atoms with Gasteiger partial charge < -0.3 is 10.4 Å². The zero-order valence-electron chi connectivity index (χ0n) is 10.9. The van der Waals surface area contributed by atoms with E-state index >= 15 is 0 Å². The average Bonchev–Trinajstić information content (AvgIpc) is 2.42. The number of aliphatic hydroxyl groups excluding tert-OH is 1. The molecule has 0 radical (unpaired) electrons. The highest BCUT2D eigenvalue weighted by molar-refractivity contribution is 7.99. The van der Waals surface area contributed by atoms with Crippen molar-refractivity contribution in [1.82, 2.24) is 5.32 Å². The van der Waals surface area contributed by atoms with Gasteiger partial charge in [-0.05, 0) is 43.2 Å². The standard InChI is InChI=1S/C14H19F2NOS/c1-9(17-11-3-2-6-19-8-11)14(18)10-4-5-12(15)13(16)7-10/h4-5,7,9,11,14,17-18H,2-3,6,8H2,1H3. The molecular formula is C14H19F2NOS. The van der Waals surface area contributed by atoms with E-state index in [9.17, 15) is 13.9 Å². The number of halogens is 2. The summed E-state index contributed by atoms with van der Waals surface area (Å²) in [5.74, 6) is 0.421. The molecule has 0 saturated carbocycles. The van der Waals surface area contributed by atoms with Gasteiger partial charge in [0.05, 0.1) is 6.10 Å². The van der Waals surface area contributed by atoms with Crippen molar-refractivity contribution in [2.45, 2.75) is 38.0 Å². The first-order valence-corrected chi connectivity index (χ1v) is 7.70. The molecule has 2 N–H and O–H groups in total. The van der Waals surface area contributed by atoms with Crippen LogP contribution in [0.1, 0.15) is 31.4 Å². The lowest BCUT2D eigenvalue weighted by Gasteiger charge is -2.29. The maximum atomic E-state index is 13.2. The molecule has 2 nitrogen and oxygen atoms in total. The van der Waals surface area contributed by atoms with Crippen LogP contribution in [0, 0.1) is 11.6 Å². The fourth-order valence-electron chi connectivity index (χ4n) is 2.32. The van der Waals surface area contributed by atoms with Crippen molar-refractivity contribution in [3.63, 3.8) is 0 Å². The molecule has 106 valence electrons. The van der Waals surface area contributed by atoms with Gasteiger partial charge in [-0.2, -0.15) is 11.8 Å². The predicted molar refractivity (Wildman–Crippen MR) is 74.3 cm³/mol. The summed E-state index contributed by atoms with van der Waals surface area (Å²) in [7, 11) is 0. The molecule has 2 rings (SSSR count). The average molecular weight is 287 g/mol. The van der Waals surface area contributed by atoms with E-state index in [4.69, 9.17) is 0 Å². The largest absolute Gasteiger partial charge is 0.387 e. The third-order valence-corrected chi connectivity index (χ3v) is 4.63. The first-order valence-electron chi connectivity index (χ1n) is 6.54. The Bertz CT molecular complexity index is 424. The maximum Gasteiger partial charge on any atom is 0.159 e. The van der Waals surface area contributed by atoms with E-state index in [0.29, 0.717) is 11.6 Å². The summed E-state index contributed by atoms with van der Waals surface area (Å²) >= 11 is 1.90. The molecule has 1 aromatic carbocycles. The van der Waals surface area contributed by atoms with E-state index < -0.39 is 17.7 Å². The topological polar surface area (TPSA) is 32.3 Å². The van der Waals surface area contributed by atoms with Crippen LogP contribution in [0.25, 0.3) is 0 Å². The van der Waals surface area contributed by atoms with Gasteiger partial charge in [0.1, 0.15) is 0 Å². The number of nitrogens with one attached hydrogen (secondary N) is 1. The first kappa shape index (κ1) is 14.8. The quantitative estimate of drug-likeness (QED) is 0.893. The van der Waals surface area contributed by atoms with Gasteiger partial charge in [0.25, 0.3) is 0 Å². The Morgan fingerprint density at radius 1 is 1.37 bits per heavy atom. The van der Waals surface area contributed by atoms with E-state index in [1.165, 1.54) is 18.2 Å². The van der Waals surface area contributed by atoms with E-state index in [1.54, 1.807) is 0 Å². The molecule has 1 aliphatic heterocycles. The van der Waals surface area contributed by atoms with Crippen LogP contribution in [0.4, 0.5) is 8.78 Å². The second-order valence-corrected chi connectivity index (χ2v) is 6.14. The number of aliphatic hydroxyl groups is 1. The maximum absolute atomic E-state index is 13.2. The van der Waals surface area contributed by atoms with E-state index in [1.807, 2.05) is 18.7 Å². The zero-order chi connectivity index (χ0) is 13.8. The van der Waals surface area contributed by atoms with Crippen LogP contribution in [0.3, 0.4) is 0 Å². The number of rotatable bonds is 4. The highest BCUT2D eigenvalue weighted by atomic mass is 32.2. The molecule has 1 aliphatic rings. The summed E-state index contributed by atoms with van der Waals surface area (Å²) < 4.78 is 26.0. The fraction of sp³-hybridized carbons (Fsp3) is 0.571. The molecule has 3 atom stereocenters. The van der Waals surface area contributed by atoms with Gasteiger partial charge in [0.2, 0.25) is 0 Å². The van der Waals surface area contributed by atoms with Crippen molar-refractivity contribution in [3.05, 3.63) is 35.4 Å². The molecule has 5 heteroatoms. The Morgan fingerprint density at radius 2 is 2.16 bits per heavy atom. The highest BCUT2D eigenvalue weighted by Gasteiger charge is 2.22. The number of hydrogen-bond donors (Lipinski definition) is 2. The lowest BCUT2D eigenvalue weighted by atomic mass is 10.0. The minimum absolute atomic E-state index is 0.187.